The SMILES string of the molecule is CCCCCn1c(O)c(N=NC(=O)C2CCCCC2)c2ccc(OC)cc21. The molecule has 0 saturated heterocycles. The van der Waals surface area contributed by atoms with Gasteiger partial charge in [-0.15, -0.1) is 10.2 Å². The van der Waals surface area contributed by atoms with E-state index in [1.807, 2.05) is 22.8 Å². The van der Waals surface area contributed by atoms with E-state index in [4.69, 9.17) is 4.74 Å². The van der Waals surface area contributed by atoms with Crippen molar-refractivity contribution in [3.8, 4) is 11.6 Å². The first kappa shape index (κ1) is 19.4. The van der Waals surface area contributed by atoms with Crippen LogP contribution in [0.4, 0.5) is 5.69 Å². The number of benzene rings is 1. The van der Waals surface area contributed by atoms with Gasteiger partial charge >= 0.3 is 0 Å². The lowest BCUT2D eigenvalue weighted by atomic mass is 9.89. The van der Waals surface area contributed by atoms with Gasteiger partial charge in [0.15, 0.2) is 5.69 Å². The van der Waals surface area contributed by atoms with E-state index in [2.05, 4.69) is 17.2 Å². The molecule has 1 heterocycles. The Balaban J connectivity index is 1.92. The monoisotopic (exact) mass is 371 g/mol. The van der Waals surface area contributed by atoms with Gasteiger partial charge in [-0.05, 0) is 31.4 Å². The second-order valence-electron chi connectivity index (χ2n) is 7.29. The van der Waals surface area contributed by atoms with Crippen LogP contribution in [0, 0.1) is 5.92 Å². The fraction of sp³-hybridized carbons (Fsp3) is 0.571. The number of aryl methyl sites for hydroxylation is 1. The van der Waals surface area contributed by atoms with Crippen molar-refractivity contribution in [3.63, 3.8) is 0 Å². The maximum Gasteiger partial charge on any atom is 0.267 e. The number of rotatable bonds is 7. The summed E-state index contributed by atoms with van der Waals surface area (Å²) in [7, 11) is 1.62. The Bertz CT molecular complexity index is 820. The number of methoxy groups -OCH3 is 1. The highest BCUT2D eigenvalue weighted by Crippen LogP contribution is 2.40. The van der Waals surface area contributed by atoms with Crippen molar-refractivity contribution < 1.29 is 14.6 Å². The Kier molecular flexibility index (Phi) is 6.48. The smallest absolute Gasteiger partial charge is 0.267 e. The van der Waals surface area contributed by atoms with Crippen LogP contribution in [0.5, 0.6) is 11.6 Å². The zero-order valence-electron chi connectivity index (χ0n) is 16.3. The van der Waals surface area contributed by atoms with Gasteiger partial charge in [0.25, 0.3) is 5.91 Å². The molecule has 1 aromatic heterocycles. The number of amides is 1. The lowest BCUT2D eigenvalue weighted by Gasteiger charge is -2.17. The molecule has 6 heteroatoms. The van der Waals surface area contributed by atoms with Crippen LogP contribution in [0.15, 0.2) is 28.4 Å². The fourth-order valence-electron chi connectivity index (χ4n) is 3.80. The normalized spacial score (nSPS) is 15.6. The predicted octanol–water partition coefficient (Wildman–Crippen LogP) is 5.74. The van der Waals surface area contributed by atoms with Gasteiger partial charge in [-0.25, -0.2) is 0 Å². The summed E-state index contributed by atoms with van der Waals surface area (Å²) < 4.78 is 7.17. The molecule has 0 spiro atoms. The van der Waals surface area contributed by atoms with E-state index in [1.165, 1.54) is 6.42 Å². The number of nitrogens with zero attached hydrogens (tertiary/aromatic N) is 3. The van der Waals surface area contributed by atoms with Crippen molar-refractivity contribution in [2.45, 2.75) is 64.8 Å². The predicted molar refractivity (Wildman–Crippen MR) is 106 cm³/mol. The molecule has 27 heavy (non-hydrogen) atoms. The summed E-state index contributed by atoms with van der Waals surface area (Å²) >= 11 is 0. The minimum absolute atomic E-state index is 0.0253. The highest BCUT2D eigenvalue weighted by Gasteiger charge is 2.22. The van der Waals surface area contributed by atoms with Crippen LogP contribution in [0.2, 0.25) is 0 Å². The van der Waals surface area contributed by atoms with E-state index in [0.29, 0.717) is 12.2 Å². The number of fused-ring (bicyclic) bond motifs is 1. The first-order valence-electron chi connectivity index (χ1n) is 10.0. The molecular weight excluding hydrogens is 342 g/mol. The Morgan fingerprint density at radius 2 is 2.04 bits per heavy atom. The summed E-state index contributed by atoms with van der Waals surface area (Å²) in [6.07, 6.45) is 8.27. The van der Waals surface area contributed by atoms with Crippen LogP contribution < -0.4 is 4.74 Å². The lowest BCUT2D eigenvalue weighted by Crippen LogP contribution is -2.15. The van der Waals surface area contributed by atoms with Crippen molar-refractivity contribution >= 4 is 22.5 Å². The first-order valence-corrected chi connectivity index (χ1v) is 10.0. The highest BCUT2D eigenvalue weighted by atomic mass is 16.5. The third-order valence-electron chi connectivity index (χ3n) is 5.41. The van der Waals surface area contributed by atoms with E-state index in [-0.39, 0.29) is 17.7 Å². The molecule has 2 aromatic rings. The largest absolute Gasteiger partial charge is 0.497 e. The van der Waals surface area contributed by atoms with E-state index in [9.17, 15) is 9.90 Å². The van der Waals surface area contributed by atoms with Crippen molar-refractivity contribution in [1.29, 1.82) is 0 Å². The van der Waals surface area contributed by atoms with E-state index < -0.39 is 0 Å². The van der Waals surface area contributed by atoms with Gasteiger partial charge < -0.3 is 14.4 Å². The van der Waals surface area contributed by atoms with E-state index >= 15 is 0 Å². The van der Waals surface area contributed by atoms with Gasteiger partial charge in [-0.1, -0.05) is 39.0 Å². The van der Waals surface area contributed by atoms with E-state index in [1.54, 1.807) is 7.11 Å². The third-order valence-corrected chi connectivity index (χ3v) is 5.41. The quantitative estimate of drug-likeness (QED) is 0.498. The van der Waals surface area contributed by atoms with Crippen molar-refractivity contribution in [2.75, 3.05) is 7.11 Å². The molecule has 6 nitrogen and oxygen atoms in total. The fourth-order valence-corrected chi connectivity index (χ4v) is 3.80. The molecule has 3 rings (SSSR count). The average Bonchev–Trinajstić information content (AvgIpc) is 2.97. The molecule has 1 aliphatic rings. The maximum atomic E-state index is 12.4. The first-order chi connectivity index (χ1) is 13.2. The summed E-state index contributed by atoms with van der Waals surface area (Å²) in [6.45, 7) is 2.84. The Morgan fingerprint density at radius 3 is 2.74 bits per heavy atom. The third kappa shape index (κ3) is 4.31. The Hall–Kier alpha value is -2.37. The number of hydrogen-bond acceptors (Lipinski definition) is 4. The van der Waals surface area contributed by atoms with Crippen LogP contribution in [0.25, 0.3) is 10.9 Å². The molecule has 1 fully saturated rings. The van der Waals surface area contributed by atoms with Gasteiger partial charge in [-0.2, -0.15) is 0 Å². The molecule has 0 unspecified atom stereocenters. The zero-order valence-corrected chi connectivity index (χ0v) is 16.3. The van der Waals surface area contributed by atoms with Crippen LogP contribution in [0.3, 0.4) is 0 Å². The molecule has 0 bridgehead atoms. The molecule has 1 amide bonds. The molecule has 0 atom stereocenters. The molecular formula is C21H29N3O3. The molecule has 146 valence electrons. The van der Waals surface area contributed by atoms with Crippen molar-refractivity contribution in [3.05, 3.63) is 18.2 Å². The number of hydrogen-bond donors (Lipinski definition) is 1. The maximum absolute atomic E-state index is 12.4. The minimum atomic E-state index is -0.172. The number of ether oxygens (including phenoxy) is 1. The Morgan fingerprint density at radius 1 is 1.26 bits per heavy atom. The molecule has 1 aliphatic carbocycles. The number of carbonyl (C=O) groups is 1. The number of azo groups is 1. The van der Waals surface area contributed by atoms with Gasteiger partial charge in [0, 0.05) is 23.9 Å². The number of aromatic nitrogens is 1. The summed E-state index contributed by atoms with van der Waals surface area (Å²) in [5, 5.41) is 19.7. The van der Waals surface area contributed by atoms with Gasteiger partial charge in [-0.3, -0.25) is 4.79 Å². The summed E-state index contributed by atoms with van der Waals surface area (Å²) in [4.78, 5) is 12.4. The average molecular weight is 371 g/mol. The summed E-state index contributed by atoms with van der Waals surface area (Å²) in [5.41, 5.74) is 1.22. The topological polar surface area (TPSA) is 76.2 Å². The minimum Gasteiger partial charge on any atom is -0.497 e. The zero-order chi connectivity index (χ0) is 19.2. The molecule has 1 saturated carbocycles. The van der Waals surface area contributed by atoms with Gasteiger partial charge in [0.2, 0.25) is 5.88 Å². The van der Waals surface area contributed by atoms with Crippen molar-refractivity contribution in [2.24, 2.45) is 16.1 Å². The summed E-state index contributed by atoms with van der Waals surface area (Å²) in [5.74, 6) is 0.588. The standard InChI is InChI=1S/C21H29N3O3/c1-3-4-8-13-24-18-14-16(27-2)11-12-17(18)19(21(24)26)22-23-20(25)15-9-6-5-7-10-15/h11-12,14-15,26H,3-10,13H2,1-2H3. The second-order valence-corrected chi connectivity index (χ2v) is 7.29. The van der Waals surface area contributed by atoms with Crippen LogP contribution in [0.1, 0.15) is 58.3 Å². The van der Waals surface area contributed by atoms with Crippen LogP contribution >= 0.6 is 0 Å². The number of carbonyl (C=O) groups excluding carboxylic acids is 1. The molecule has 1 N–H and O–H groups in total. The molecule has 1 aromatic carbocycles. The Labute approximate surface area is 160 Å². The molecule has 0 aliphatic heterocycles. The lowest BCUT2D eigenvalue weighted by molar-refractivity contribution is -0.122. The second kappa shape index (κ2) is 9.02. The number of aromatic hydroxyl groups is 1. The van der Waals surface area contributed by atoms with Crippen molar-refractivity contribution in [1.82, 2.24) is 4.57 Å². The molecule has 0 radical (unpaired) electrons. The van der Waals surface area contributed by atoms with Crippen LogP contribution in [-0.2, 0) is 11.3 Å². The highest BCUT2D eigenvalue weighted by molar-refractivity contribution is 5.96. The van der Waals surface area contributed by atoms with E-state index in [0.717, 1.165) is 61.6 Å². The van der Waals surface area contributed by atoms with Gasteiger partial charge in [0.05, 0.1) is 12.6 Å². The van der Waals surface area contributed by atoms with Gasteiger partial charge in [0.1, 0.15) is 5.75 Å². The number of unbranched alkanes of at least 4 members (excludes halogenated alkanes) is 2. The summed E-state index contributed by atoms with van der Waals surface area (Å²) in [6, 6.07) is 5.59. The van der Waals surface area contributed by atoms with Crippen LogP contribution in [-0.4, -0.2) is 22.7 Å².